The smallest absolute Gasteiger partial charge is 0.339 e. The van der Waals surface area contributed by atoms with Gasteiger partial charge in [-0.2, -0.15) is 0 Å². The molecule has 1 aromatic carbocycles. The van der Waals surface area contributed by atoms with Crippen LogP contribution in [-0.4, -0.2) is 71.4 Å². The summed E-state index contributed by atoms with van der Waals surface area (Å²) in [6, 6.07) is 5.29. The molecule has 2 fully saturated rings. The largest absolute Gasteiger partial charge is 0.496 e. The van der Waals surface area contributed by atoms with E-state index >= 15 is 0 Å². The van der Waals surface area contributed by atoms with E-state index in [1.54, 1.807) is 12.1 Å². The van der Waals surface area contributed by atoms with Crippen LogP contribution in [0.2, 0.25) is 0 Å². The Morgan fingerprint density at radius 3 is 2.60 bits per heavy atom. The van der Waals surface area contributed by atoms with Crippen LogP contribution >= 0.6 is 0 Å². The van der Waals surface area contributed by atoms with E-state index in [0.717, 1.165) is 44.6 Å². The Hall–Kier alpha value is -1.63. The number of carboxylic acid groups (broad SMARTS) is 1. The summed E-state index contributed by atoms with van der Waals surface area (Å²) in [6.07, 6.45) is 4.25. The molecule has 1 unspecified atom stereocenters. The van der Waals surface area contributed by atoms with Crippen LogP contribution < -0.4 is 4.74 Å². The van der Waals surface area contributed by atoms with Gasteiger partial charge in [-0.1, -0.05) is 6.07 Å². The number of nitrogens with zero attached hydrogens (tertiary/aromatic N) is 2. The summed E-state index contributed by atoms with van der Waals surface area (Å²) in [5, 5.41) is 20.3. The third kappa shape index (κ3) is 4.51. The number of hydrogen-bond donors (Lipinski definition) is 2. The summed E-state index contributed by atoms with van der Waals surface area (Å²) >= 11 is 0. The Bertz CT molecular complexity index is 615. The molecule has 2 aliphatic heterocycles. The highest BCUT2D eigenvalue weighted by Crippen LogP contribution is 2.26. The van der Waals surface area contributed by atoms with Gasteiger partial charge in [0.05, 0.1) is 12.7 Å². The topological polar surface area (TPSA) is 73.2 Å². The molecule has 6 nitrogen and oxygen atoms in total. The predicted octanol–water partition coefficient (Wildman–Crippen LogP) is 1.82. The fraction of sp³-hybridized carbons (Fsp3) is 0.632. The molecular formula is C19H28N2O4. The van der Waals surface area contributed by atoms with Gasteiger partial charge >= 0.3 is 5.97 Å². The SMILES string of the molecule is COc1ccc(CN2CCCC(O)(CN3CCCC3)C2)cc1C(=O)O. The molecule has 3 rings (SSSR count). The zero-order valence-electron chi connectivity index (χ0n) is 14.9. The average Bonchev–Trinajstić information content (AvgIpc) is 3.07. The number of β-amino-alcohol motifs (C(OH)–C–C–N with tert-alkyl or cyclic N) is 1. The van der Waals surface area contributed by atoms with E-state index in [9.17, 15) is 15.0 Å². The highest BCUT2D eigenvalue weighted by Gasteiger charge is 2.35. The Morgan fingerprint density at radius 1 is 1.20 bits per heavy atom. The standard InChI is InChI=1S/C19H28N2O4/c1-25-17-6-5-15(11-16(17)18(22)23)12-21-10-4-7-19(24,14-21)13-20-8-2-3-9-20/h5-6,11,24H,2-4,7-10,12-14H2,1H3,(H,22,23). The molecule has 2 heterocycles. The van der Waals surface area contributed by atoms with Crippen molar-refractivity contribution in [1.82, 2.24) is 9.80 Å². The first-order valence-electron chi connectivity index (χ1n) is 9.06. The number of likely N-dealkylation sites (tertiary alicyclic amines) is 2. The molecule has 2 aliphatic rings. The number of aromatic carboxylic acids is 1. The number of ether oxygens (including phenoxy) is 1. The summed E-state index contributed by atoms with van der Waals surface area (Å²) in [6.45, 7) is 5.12. The first kappa shape index (κ1) is 18.2. The van der Waals surface area contributed by atoms with Gasteiger partial charge in [0.15, 0.2) is 0 Å². The Balaban J connectivity index is 1.66. The minimum absolute atomic E-state index is 0.185. The number of methoxy groups -OCH3 is 1. The molecule has 0 radical (unpaired) electrons. The fourth-order valence-electron chi connectivity index (χ4n) is 4.11. The van der Waals surface area contributed by atoms with Gasteiger partial charge < -0.3 is 19.8 Å². The van der Waals surface area contributed by atoms with Crippen molar-refractivity contribution in [1.29, 1.82) is 0 Å². The number of piperidine rings is 1. The van der Waals surface area contributed by atoms with Crippen LogP contribution in [0.4, 0.5) is 0 Å². The maximum Gasteiger partial charge on any atom is 0.339 e. The third-order valence-corrected chi connectivity index (χ3v) is 5.25. The second-order valence-electron chi connectivity index (χ2n) is 7.36. The molecule has 1 atom stereocenters. The van der Waals surface area contributed by atoms with E-state index in [1.165, 1.54) is 20.0 Å². The Kier molecular flexibility index (Phi) is 5.61. The van der Waals surface area contributed by atoms with Gasteiger partial charge in [-0.05, 0) is 63.0 Å². The Labute approximate surface area is 149 Å². The second-order valence-corrected chi connectivity index (χ2v) is 7.36. The minimum Gasteiger partial charge on any atom is -0.496 e. The van der Waals surface area contributed by atoms with Crippen molar-refractivity contribution < 1.29 is 19.7 Å². The summed E-state index contributed by atoms with van der Waals surface area (Å²) in [7, 11) is 1.48. The van der Waals surface area contributed by atoms with Gasteiger partial charge in [0.25, 0.3) is 0 Å². The van der Waals surface area contributed by atoms with Gasteiger partial charge in [0.1, 0.15) is 11.3 Å². The zero-order chi connectivity index (χ0) is 17.9. The molecular weight excluding hydrogens is 320 g/mol. The van der Waals surface area contributed by atoms with E-state index in [-0.39, 0.29) is 5.56 Å². The fourth-order valence-corrected chi connectivity index (χ4v) is 4.11. The van der Waals surface area contributed by atoms with Crippen molar-refractivity contribution >= 4 is 5.97 Å². The quantitative estimate of drug-likeness (QED) is 0.817. The summed E-state index contributed by atoms with van der Waals surface area (Å²) < 4.78 is 5.12. The molecule has 2 N–H and O–H groups in total. The van der Waals surface area contributed by atoms with E-state index < -0.39 is 11.6 Å². The van der Waals surface area contributed by atoms with Crippen molar-refractivity contribution in [2.75, 3.05) is 39.8 Å². The molecule has 0 aliphatic carbocycles. The molecule has 0 bridgehead atoms. The maximum absolute atomic E-state index is 11.4. The number of carboxylic acids is 1. The average molecular weight is 348 g/mol. The van der Waals surface area contributed by atoms with Crippen LogP contribution in [0.25, 0.3) is 0 Å². The Morgan fingerprint density at radius 2 is 1.92 bits per heavy atom. The molecule has 1 aromatic rings. The van der Waals surface area contributed by atoms with Gasteiger partial charge in [-0.25, -0.2) is 4.79 Å². The molecule has 6 heteroatoms. The first-order valence-corrected chi connectivity index (χ1v) is 9.06. The van der Waals surface area contributed by atoms with Crippen molar-refractivity contribution in [3.8, 4) is 5.75 Å². The van der Waals surface area contributed by atoms with Crippen LogP contribution in [0.15, 0.2) is 18.2 Å². The molecule has 138 valence electrons. The van der Waals surface area contributed by atoms with Crippen LogP contribution in [-0.2, 0) is 6.54 Å². The molecule has 0 aromatic heterocycles. The van der Waals surface area contributed by atoms with E-state index in [4.69, 9.17) is 4.74 Å². The van der Waals surface area contributed by atoms with Gasteiger partial charge in [-0.15, -0.1) is 0 Å². The maximum atomic E-state index is 11.4. The number of aliphatic hydroxyl groups is 1. The predicted molar refractivity (Wildman–Crippen MR) is 95.1 cm³/mol. The molecule has 0 amide bonds. The van der Waals surface area contributed by atoms with Crippen molar-refractivity contribution in [3.05, 3.63) is 29.3 Å². The molecule has 2 saturated heterocycles. The number of benzene rings is 1. The molecule has 0 saturated carbocycles. The minimum atomic E-state index is -0.983. The lowest BCUT2D eigenvalue weighted by atomic mass is 9.92. The van der Waals surface area contributed by atoms with Crippen molar-refractivity contribution in [2.24, 2.45) is 0 Å². The van der Waals surface area contributed by atoms with Gasteiger partial charge in [0, 0.05) is 19.6 Å². The number of rotatable bonds is 6. The number of hydrogen-bond acceptors (Lipinski definition) is 5. The number of carbonyl (C=O) groups is 1. The monoisotopic (exact) mass is 348 g/mol. The summed E-state index contributed by atoms with van der Waals surface area (Å²) in [4.78, 5) is 16.0. The lowest BCUT2D eigenvalue weighted by molar-refractivity contribution is -0.0519. The molecule has 25 heavy (non-hydrogen) atoms. The summed E-state index contributed by atoms with van der Waals surface area (Å²) in [5.41, 5.74) is 0.456. The van der Waals surface area contributed by atoms with Crippen molar-refractivity contribution in [3.63, 3.8) is 0 Å². The van der Waals surface area contributed by atoms with Crippen LogP contribution in [0.1, 0.15) is 41.6 Å². The van der Waals surface area contributed by atoms with Gasteiger partial charge in [-0.3, -0.25) is 4.90 Å². The van der Waals surface area contributed by atoms with E-state index in [0.29, 0.717) is 18.8 Å². The van der Waals surface area contributed by atoms with Gasteiger partial charge in [0.2, 0.25) is 0 Å². The second kappa shape index (κ2) is 7.72. The molecule has 0 spiro atoms. The first-order chi connectivity index (χ1) is 12.0. The lowest BCUT2D eigenvalue weighted by Gasteiger charge is -2.41. The lowest BCUT2D eigenvalue weighted by Crippen LogP contribution is -2.53. The zero-order valence-corrected chi connectivity index (χ0v) is 14.9. The highest BCUT2D eigenvalue weighted by atomic mass is 16.5. The van der Waals surface area contributed by atoms with E-state index in [1.807, 2.05) is 6.07 Å². The normalized spacial score (nSPS) is 25.2. The van der Waals surface area contributed by atoms with Crippen LogP contribution in [0.3, 0.4) is 0 Å². The van der Waals surface area contributed by atoms with Crippen LogP contribution in [0, 0.1) is 0 Å². The van der Waals surface area contributed by atoms with E-state index in [2.05, 4.69) is 9.80 Å². The van der Waals surface area contributed by atoms with Crippen molar-refractivity contribution in [2.45, 2.75) is 37.8 Å². The van der Waals surface area contributed by atoms with Crippen LogP contribution in [0.5, 0.6) is 5.75 Å². The third-order valence-electron chi connectivity index (χ3n) is 5.25. The highest BCUT2D eigenvalue weighted by molar-refractivity contribution is 5.91. The summed E-state index contributed by atoms with van der Waals surface area (Å²) in [5.74, 6) is -0.608.